The largest absolute Gasteiger partial charge is 0.299 e. The molecule has 0 radical (unpaired) electrons. The molecule has 0 aromatic rings. The van der Waals surface area contributed by atoms with Gasteiger partial charge >= 0.3 is 0 Å². The number of nitrogens with zero attached hydrogens (tertiary/aromatic N) is 1. The van der Waals surface area contributed by atoms with Crippen LogP contribution in [0.4, 0.5) is 0 Å². The third-order valence-corrected chi connectivity index (χ3v) is 6.21. The average molecular weight is 277 g/mol. The molecule has 4 unspecified atom stereocenters. The molecule has 114 valence electrons. The Morgan fingerprint density at radius 3 is 2.75 bits per heavy atom. The number of ketones is 1. The van der Waals surface area contributed by atoms with E-state index in [2.05, 4.69) is 11.8 Å². The van der Waals surface area contributed by atoms with Crippen LogP contribution in [0, 0.1) is 11.8 Å². The van der Waals surface area contributed by atoms with Crippen LogP contribution in [0.15, 0.2) is 0 Å². The Morgan fingerprint density at radius 1 is 1.05 bits per heavy atom. The van der Waals surface area contributed by atoms with E-state index in [-0.39, 0.29) is 0 Å². The molecular formula is C18H31NO. The highest BCUT2D eigenvalue weighted by molar-refractivity contribution is 5.82. The molecule has 1 aliphatic heterocycles. The quantitative estimate of drug-likeness (QED) is 0.771. The Morgan fingerprint density at radius 2 is 1.95 bits per heavy atom. The van der Waals surface area contributed by atoms with Crippen molar-refractivity contribution in [3.8, 4) is 0 Å². The maximum Gasteiger partial charge on any atom is 0.137 e. The Hall–Kier alpha value is -0.370. The molecule has 3 fully saturated rings. The van der Waals surface area contributed by atoms with Crippen LogP contribution in [0.1, 0.15) is 77.6 Å². The second kappa shape index (κ2) is 6.60. The van der Waals surface area contributed by atoms with Crippen molar-refractivity contribution in [2.24, 2.45) is 11.8 Å². The number of likely N-dealkylation sites (tertiary alicyclic amines) is 1. The van der Waals surface area contributed by atoms with Crippen molar-refractivity contribution in [1.82, 2.24) is 4.90 Å². The molecule has 2 saturated carbocycles. The standard InChI is InChI=1S/C18H31NO/c1-2-14-7-5-8-15(13-14)19-12-6-10-17(19)16-9-3-4-11-18(16)20/h14-17H,2-13H2,1H3. The minimum Gasteiger partial charge on any atom is -0.299 e. The lowest BCUT2D eigenvalue weighted by atomic mass is 9.79. The highest BCUT2D eigenvalue weighted by Crippen LogP contribution is 2.38. The van der Waals surface area contributed by atoms with Crippen molar-refractivity contribution in [1.29, 1.82) is 0 Å². The van der Waals surface area contributed by atoms with Crippen LogP contribution in [-0.4, -0.2) is 29.3 Å². The molecule has 1 saturated heterocycles. The van der Waals surface area contributed by atoms with Gasteiger partial charge in [0, 0.05) is 24.4 Å². The molecule has 0 amide bonds. The van der Waals surface area contributed by atoms with Crippen molar-refractivity contribution in [2.75, 3.05) is 6.54 Å². The topological polar surface area (TPSA) is 20.3 Å². The number of rotatable bonds is 3. The highest BCUT2D eigenvalue weighted by atomic mass is 16.1. The molecule has 3 aliphatic rings. The zero-order valence-corrected chi connectivity index (χ0v) is 13.2. The van der Waals surface area contributed by atoms with Gasteiger partial charge in [-0.1, -0.05) is 32.6 Å². The van der Waals surface area contributed by atoms with Gasteiger partial charge in [0.05, 0.1) is 0 Å². The summed E-state index contributed by atoms with van der Waals surface area (Å²) in [5.74, 6) is 1.90. The van der Waals surface area contributed by atoms with Crippen molar-refractivity contribution in [3.63, 3.8) is 0 Å². The summed E-state index contributed by atoms with van der Waals surface area (Å²) in [5.41, 5.74) is 0. The van der Waals surface area contributed by atoms with Crippen LogP contribution in [0.5, 0.6) is 0 Å². The zero-order valence-electron chi connectivity index (χ0n) is 13.2. The number of Topliss-reactive ketones (excluding diaryl/α,β-unsaturated/α-hetero) is 1. The molecule has 2 heteroatoms. The minimum atomic E-state index is 0.383. The van der Waals surface area contributed by atoms with Crippen LogP contribution in [0.2, 0.25) is 0 Å². The summed E-state index contributed by atoms with van der Waals surface area (Å²) in [4.78, 5) is 15.1. The van der Waals surface area contributed by atoms with Crippen LogP contribution < -0.4 is 0 Å². The summed E-state index contributed by atoms with van der Waals surface area (Å²) in [5, 5.41) is 0. The summed E-state index contributed by atoms with van der Waals surface area (Å²) in [7, 11) is 0. The predicted molar refractivity (Wildman–Crippen MR) is 82.7 cm³/mol. The van der Waals surface area contributed by atoms with Gasteiger partial charge < -0.3 is 0 Å². The molecule has 0 N–H and O–H groups in total. The monoisotopic (exact) mass is 277 g/mol. The van der Waals surface area contributed by atoms with Crippen molar-refractivity contribution in [2.45, 2.75) is 89.6 Å². The van der Waals surface area contributed by atoms with E-state index < -0.39 is 0 Å². The van der Waals surface area contributed by atoms with Crippen LogP contribution >= 0.6 is 0 Å². The summed E-state index contributed by atoms with van der Waals surface area (Å²) >= 11 is 0. The van der Waals surface area contributed by atoms with Crippen LogP contribution in [0.3, 0.4) is 0 Å². The van der Waals surface area contributed by atoms with Gasteiger partial charge in [0.15, 0.2) is 0 Å². The second-order valence-electron chi connectivity index (χ2n) is 7.36. The predicted octanol–water partition coefficient (Wildman–Crippen LogP) is 4.18. The van der Waals surface area contributed by atoms with Crippen molar-refractivity contribution in [3.05, 3.63) is 0 Å². The number of hydrogen-bond acceptors (Lipinski definition) is 2. The fraction of sp³-hybridized carbons (Fsp3) is 0.944. The smallest absolute Gasteiger partial charge is 0.137 e. The molecule has 0 spiro atoms. The van der Waals surface area contributed by atoms with Gasteiger partial charge in [0.2, 0.25) is 0 Å². The third-order valence-electron chi connectivity index (χ3n) is 6.21. The van der Waals surface area contributed by atoms with Gasteiger partial charge in [-0.15, -0.1) is 0 Å². The van der Waals surface area contributed by atoms with E-state index in [9.17, 15) is 4.79 Å². The van der Waals surface area contributed by atoms with E-state index >= 15 is 0 Å². The lowest BCUT2D eigenvalue weighted by Gasteiger charge is -2.41. The molecule has 0 aromatic heterocycles. The molecule has 0 bridgehead atoms. The fourth-order valence-corrected chi connectivity index (χ4v) is 5.05. The maximum atomic E-state index is 12.3. The lowest BCUT2D eigenvalue weighted by Crippen LogP contribution is -2.47. The molecule has 1 heterocycles. The Labute approximate surface area is 124 Å². The summed E-state index contributed by atoms with van der Waals surface area (Å²) in [6.45, 7) is 3.61. The maximum absolute atomic E-state index is 12.3. The SMILES string of the molecule is CCC1CCCC(N2CCCC2C2CCCCC2=O)C1. The summed E-state index contributed by atoms with van der Waals surface area (Å²) in [6, 6.07) is 1.39. The molecular weight excluding hydrogens is 246 g/mol. The Kier molecular flexibility index (Phi) is 4.80. The first-order valence-corrected chi connectivity index (χ1v) is 9.08. The van der Waals surface area contributed by atoms with Gasteiger partial charge in [-0.3, -0.25) is 9.69 Å². The van der Waals surface area contributed by atoms with E-state index in [4.69, 9.17) is 0 Å². The Balaban J connectivity index is 1.67. The third kappa shape index (κ3) is 2.95. The highest BCUT2D eigenvalue weighted by Gasteiger charge is 2.40. The van der Waals surface area contributed by atoms with Gasteiger partial charge in [-0.05, 0) is 51.0 Å². The minimum absolute atomic E-state index is 0.383. The molecule has 0 aromatic carbocycles. The van der Waals surface area contributed by atoms with Gasteiger partial charge in [-0.25, -0.2) is 0 Å². The normalized spacial score (nSPS) is 40.1. The van der Waals surface area contributed by atoms with Gasteiger partial charge in [0.25, 0.3) is 0 Å². The molecule has 3 rings (SSSR count). The second-order valence-corrected chi connectivity index (χ2v) is 7.36. The van der Waals surface area contributed by atoms with Crippen molar-refractivity contribution < 1.29 is 4.79 Å². The molecule has 4 atom stereocenters. The molecule has 2 aliphatic carbocycles. The van der Waals surface area contributed by atoms with E-state index in [0.29, 0.717) is 17.7 Å². The first kappa shape index (κ1) is 14.6. The van der Waals surface area contributed by atoms with Gasteiger partial charge in [-0.2, -0.15) is 0 Å². The van der Waals surface area contributed by atoms with E-state index in [1.807, 2.05) is 0 Å². The zero-order chi connectivity index (χ0) is 13.9. The van der Waals surface area contributed by atoms with Crippen LogP contribution in [-0.2, 0) is 4.79 Å². The van der Waals surface area contributed by atoms with Crippen molar-refractivity contribution >= 4 is 5.78 Å². The lowest BCUT2D eigenvalue weighted by molar-refractivity contribution is -0.127. The number of carbonyl (C=O) groups is 1. The van der Waals surface area contributed by atoms with E-state index in [0.717, 1.165) is 24.8 Å². The van der Waals surface area contributed by atoms with Crippen LogP contribution in [0.25, 0.3) is 0 Å². The van der Waals surface area contributed by atoms with E-state index in [1.165, 1.54) is 64.3 Å². The molecule has 2 nitrogen and oxygen atoms in total. The molecule has 20 heavy (non-hydrogen) atoms. The van der Waals surface area contributed by atoms with E-state index in [1.54, 1.807) is 0 Å². The first-order chi connectivity index (χ1) is 9.79. The average Bonchev–Trinajstić information content (AvgIpc) is 2.97. The summed E-state index contributed by atoms with van der Waals surface area (Å²) in [6.07, 6.45) is 14.0. The fourth-order valence-electron chi connectivity index (χ4n) is 5.05. The number of carbonyl (C=O) groups excluding carboxylic acids is 1. The Bertz CT molecular complexity index is 340. The first-order valence-electron chi connectivity index (χ1n) is 9.08. The summed E-state index contributed by atoms with van der Waals surface area (Å²) < 4.78 is 0. The van der Waals surface area contributed by atoms with Gasteiger partial charge in [0.1, 0.15) is 5.78 Å². The number of hydrogen-bond donors (Lipinski definition) is 0.